The van der Waals surface area contributed by atoms with Gasteiger partial charge in [0.05, 0.1) is 0 Å². The van der Waals surface area contributed by atoms with Gasteiger partial charge in [-0.1, -0.05) is 0 Å². The quantitative estimate of drug-likeness (QED) is 0.419. The van der Waals surface area contributed by atoms with Crippen LogP contribution in [0.15, 0.2) is 0 Å². The van der Waals surface area contributed by atoms with E-state index in [2.05, 4.69) is 4.74 Å². The Kier molecular flexibility index (Phi) is 1.80. The normalized spacial score (nSPS) is 25.4. The molecule has 56 valence electrons. The number of carbonyl (C=O) groups excluding carboxylic acids is 2. The Morgan fingerprint density at radius 2 is 2.30 bits per heavy atom. The highest BCUT2D eigenvalue weighted by Crippen LogP contribution is 2.12. The number of hydrogen-bond acceptors (Lipinski definition) is 3. The van der Waals surface area contributed by atoms with Crippen LogP contribution in [0.2, 0.25) is 0 Å². The fourth-order valence-corrected chi connectivity index (χ4v) is 0.898. The summed E-state index contributed by atoms with van der Waals surface area (Å²) >= 11 is 5.27. The first kappa shape index (κ1) is 7.34. The molecule has 10 heavy (non-hydrogen) atoms. The van der Waals surface area contributed by atoms with Crippen LogP contribution in [0.1, 0.15) is 6.92 Å². The average molecular weight is 164 g/mol. The highest BCUT2D eigenvalue weighted by molar-refractivity contribution is 6.20. The van der Waals surface area contributed by atoms with Gasteiger partial charge in [-0.3, -0.25) is 4.79 Å². The molecule has 1 heterocycles. The van der Waals surface area contributed by atoms with Crippen molar-refractivity contribution >= 4 is 23.6 Å². The maximum atomic E-state index is 10.8. The van der Waals surface area contributed by atoms with Gasteiger partial charge < -0.3 is 4.74 Å². The fraction of sp³-hybridized carbons (Fsp3) is 0.600. The van der Waals surface area contributed by atoms with Crippen molar-refractivity contribution in [2.24, 2.45) is 0 Å². The molecule has 0 aromatic heterocycles. The zero-order chi connectivity index (χ0) is 7.72. The van der Waals surface area contributed by atoms with E-state index in [9.17, 15) is 9.59 Å². The maximum absolute atomic E-state index is 10.8. The number of ether oxygens (including phenoxy) is 1. The van der Waals surface area contributed by atoms with Crippen molar-refractivity contribution in [3.8, 4) is 0 Å². The summed E-state index contributed by atoms with van der Waals surface area (Å²) < 4.78 is 4.53. The Balaban J connectivity index is 2.74. The molecule has 1 saturated heterocycles. The lowest BCUT2D eigenvalue weighted by Gasteiger charge is -2.02. The van der Waals surface area contributed by atoms with Crippen LogP contribution in [0, 0.1) is 0 Å². The second kappa shape index (κ2) is 2.46. The molecule has 0 radical (unpaired) electrons. The zero-order valence-corrected chi connectivity index (χ0v) is 6.09. The van der Waals surface area contributed by atoms with Gasteiger partial charge >= 0.3 is 6.09 Å². The summed E-state index contributed by atoms with van der Waals surface area (Å²) in [7, 11) is 0. The summed E-state index contributed by atoms with van der Waals surface area (Å²) in [5.41, 5.74) is 0. The standard InChI is InChI=1S/C5H6ClNO3/c1-3-4(8)7(2-6)5(9)10-3/h3H,2H2,1H3. The minimum atomic E-state index is -0.675. The lowest BCUT2D eigenvalue weighted by molar-refractivity contribution is -0.128. The van der Waals surface area contributed by atoms with Gasteiger partial charge in [0.1, 0.15) is 6.00 Å². The van der Waals surface area contributed by atoms with Crippen molar-refractivity contribution in [3.05, 3.63) is 0 Å². The summed E-state index contributed by atoms with van der Waals surface area (Å²) in [6, 6.07) is -0.137. The van der Waals surface area contributed by atoms with Gasteiger partial charge in [0, 0.05) is 0 Å². The van der Waals surface area contributed by atoms with Gasteiger partial charge in [-0.25, -0.2) is 9.69 Å². The van der Waals surface area contributed by atoms with Crippen molar-refractivity contribution in [1.29, 1.82) is 0 Å². The molecule has 0 aromatic rings. The second-order valence-electron chi connectivity index (χ2n) is 1.91. The molecule has 0 N–H and O–H groups in total. The number of hydrogen-bond donors (Lipinski definition) is 0. The van der Waals surface area contributed by atoms with Gasteiger partial charge in [-0.2, -0.15) is 0 Å². The third kappa shape index (κ3) is 0.945. The Morgan fingerprint density at radius 1 is 1.70 bits per heavy atom. The molecule has 0 bridgehead atoms. The monoisotopic (exact) mass is 163 g/mol. The van der Waals surface area contributed by atoms with Crippen LogP contribution in [-0.2, 0) is 9.53 Å². The van der Waals surface area contributed by atoms with E-state index in [1.807, 2.05) is 0 Å². The van der Waals surface area contributed by atoms with Crippen LogP contribution in [0.25, 0.3) is 0 Å². The minimum Gasteiger partial charge on any atom is -0.436 e. The summed E-state index contributed by atoms with van der Waals surface area (Å²) in [6.07, 6.45) is -1.33. The minimum absolute atomic E-state index is 0.137. The lowest BCUT2D eigenvalue weighted by Crippen LogP contribution is -2.29. The van der Waals surface area contributed by atoms with Crippen LogP contribution < -0.4 is 0 Å². The zero-order valence-electron chi connectivity index (χ0n) is 5.33. The van der Waals surface area contributed by atoms with Crippen LogP contribution in [0.3, 0.4) is 0 Å². The Bertz CT molecular complexity index is 182. The van der Waals surface area contributed by atoms with Gasteiger partial charge in [-0.05, 0) is 6.92 Å². The van der Waals surface area contributed by atoms with E-state index in [4.69, 9.17) is 11.6 Å². The third-order valence-electron chi connectivity index (χ3n) is 1.23. The molecule has 1 aliphatic heterocycles. The topological polar surface area (TPSA) is 46.6 Å². The van der Waals surface area contributed by atoms with Crippen molar-refractivity contribution in [2.45, 2.75) is 13.0 Å². The SMILES string of the molecule is CC1OC(=O)N(CCl)C1=O. The number of carbonyl (C=O) groups is 2. The fourth-order valence-electron chi connectivity index (χ4n) is 0.682. The first-order chi connectivity index (χ1) is 4.66. The Hall–Kier alpha value is -0.770. The van der Waals surface area contributed by atoms with E-state index in [1.54, 1.807) is 0 Å². The van der Waals surface area contributed by atoms with Crippen molar-refractivity contribution < 1.29 is 14.3 Å². The summed E-state index contributed by atoms with van der Waals surface area (Å²) in [6.45, 7) is 1.51. The predicted molar refractivity (Wildman–Crippen MR) is 33.5 cm³/mol. The van der Waals surface area contributed by atoms with Gasteiger partial charge in [0.2, 0.25) is 0 Å². The molecule has 1 rings (SSSR count). The molecule has 2 amide bonds. The van der Waals surface area contributed by atoms with E-state index in [1.165, 1.54) is 6.92 Å². The van der Waals surface area contributed by atoms with Gasteiger partial charge in [0.15, 0.2) is 6.10 Å². The summed E-state index contributed by atoms with van der Waals surface area (Å²) in [5, 5.41) is 0. The highest BCUT2D eigenvalue weighted by atomic mass is 35.5. The molecule has 4 nitrogen and oxygen atoms in total. The number of amides is 2. The lowest BCUT2D eigenvalue weighted by atomic mass is 10.4. The summed E-state index contributed by atoms with van der Waals surface area (Å²) in [4.78, 5) is 22.3. The van der Waals surface area contributed by atoms with Crippen LogP contribution >= 0.6 is 11.6 Å². The maximum Gasteiger partial charge on any atom is 0.418 e. The van der Waals surface area contributed by atoms with Crippen molar-refractivity contribution in [2.75, 3.05) is 6.00 Å². The first-order valence-electron chi connectivity index (χ1n) is 2.74. The van der Waals surface area contributed by atoms with Crippen LogP contribution in [0.5, 0.6) is 0 Å². The smallest absolute Gasteiger partial charge is 0.418 e. The van der Waals surface area contributed by atoms with E-state index in [0.717, 1.165) is 4.90 Å². The highest BCUT2D eigenvalue weighted by Gasteiger charge is 2.36. The number of cyclic esters (lactones) is 1. The van der Waals surface area contributed by atoms with Gasteiger partial charge in [0.25, 0.3) is 5.91 Å². The number of halogens is 1. The molecule has 1 fully saturated rings. The van der Waals surface area contributed by atoms with Gasteiger partial charge in [-0.15, -0.1) is 11.6 Å². The molecule has 0 spiro atoms. The molecular formula is C5H6ClNO3. The first-order valence-corrected chi connectivity index (χ1v) is 3.28. The predicted octanol–water partition coefficient (Wildman–Crippen LogP) is 0.550. The number of imide groups is 1. The van der Waals surface area contributed by atoms with Crippen LogP contribution in [-0.4, -0.2) is 29.0 Å². The molecule has 1 unspecified atom stereocenters. The Labute approximate surface area is 62.7 Å². The molecule has 5 heteroatoms. The number of rotatable bonds is 1. The van der Waals surface area contributed by atoms with E-state index < -0.39 is 12.2 Å². The largest absolute Gasteiger partial charge is 0.436 e. The molecular weight excluding hydrogens is 158 g/mol. The second-order valence-corrected chi connectivity index (χ2v) is 2.15. The number of alkyl halides is 1. The summed E-state index contributed by atoms with van der Waals surface area (Å²) in [5.74, 6) is -0.375. The molecule has 0 saturated carbocycles. The number of nitrogens with zero attached hydrogens (tertiary/aromatic N) is 1. The third-order valence-corrected chi connectivity index (χ3v) is 1.47. The average Bonchev–Trinajstić information content (AvgIpc) is 2.09. The molecule has 0 aromatic carbocycles. The van der Waals surface area contributed by atoms with E-state index in [-0.39, 0.29) is 11.9 Å². The van der Waals surface area contributed by atoms with Crippen LogP contribution in [0.4, 0.5) is 4.79 Å². The van der Waals surface area contributed by atoms with E-state index in [0.29, 0.717) is 0 Å². The molecule has 0 aliphatic carbocycles. The molecule has 1 aliphatic rings. The van der Waals surface area contributed by atoms with Crippen molar-refractivity contribution in [1.82, 2.24) is 4.90 Å². The van der Waals surface area contributed by atoms with E-state index >= 15 is 0 Å². The van der Waals surface area contributed by atoms with Crippen molar-refractivity contribution in [3.63, 3.8) is 0 Å². The Morgan fingerprint density at radius 3 is 2.50 bits per heavy atom. The molecule has 1 atom stereocenters.